The number of aliphatic hydroxyl groups is 2. The van der Waals surface area contributed by atoms with E-state index in [0.29, 0.717) is 0 Å². The third kappa shape index (κ3) is 0.789. The average Bonchev–Trinajstić information content (AvgIpc) is 1.83. The predicted molar refractivity (Wildman–Crippen MR) is 41.2 cm³/mol. The molecule has 0 radical (unpaired) electrons. The van der Waals surface area contributed by atoms with Gasteiger partial charge >= 0.3 is 0 Å². The molecule has 0 unspecified atom stereocenters. The van der Waals surface area contributed by atoms with Crippen molar-refractivity contribution in [3.63, 3.8) is 0 Å². The molecule has 11 heavy (non-hydrogen) atoms. The summed E-state index contributed by atoms with van der Waals surface area (Å²) in [7, 11) is 0. The van der Waals surface area contributed by atoms with E-state index in [9.17, 15) is 5.11 Å². The van der Waals surface area contributed by atoms with E-state index in [1.165, 1.54) is 0 Å². The van der Waals surface area contributed by atoms with Crippen LogP contribution < -0.4 is 5.32 Å². The molecule has 0 atom stereocenters. The Kier molecular flexibility index (Phi) is 1.50. The van der Waals surface area contributed by atoms with Crippen molar-refractivity contribution in [3.05, 3.63) is 0 Å². The maximum absolute atomic E-state index is 9.98. The monoisotopic (exact) mass is 157 g/mol. The van der Waals surface area contributed by atoms with Crippen LogP contribution in [-0.2, 0) is 0 Å². The van der Waals surface area contributed by atoms with E-state index in [-0.39, 0.29) is 12.0 Å². The Morgan fingerprint density at radius 1 is 1.27 bits per heavy atom. The predicted octanol–water partition coefficient (Wildman–Crippen LogP) is -0.517. The van der Waals surface area contributed by atoms with E-state index in [4.69, 9.17) is 5.11 Å². The summed E-state index contributed by atoms with van der Waals surface area (Å²) in [5.41, 5.74) is -0.752. The van der Waals surface area contributed by atoms with Gasteiger partial charge in [-0.3, -0.25) is 0 Å². The molecule has 1 saturated heterocycles. The zero-order chi connectivity index (χ0) is 7.95. The van der Waals surface area contributed by atoms with Gasteiger partial charge in [0.25, 0.3) is 0 Å². The van der Waals surface area contributed by atoms with Gasteiger partial charge in [-0.2, -0.15) is 0 Å². The molecule has 1 heterocycles. The van der Waals surface area contributed by atoms with Crippen molar-refractivity contribution >= 4 is 0 Å². The van der Waals surface area contributed by atoms with Crippen LogP contribution in [0.15, 0.2) is 0 Å². The second-order valence-corrected chi connectivity index (χ2v) is 3.93. The smallest absolute Gasteiger partial charge is 0.0750 e. The fraction of sp³-hybridized carbons (Fsp3) is 1.00. The topological polar surface area (TPSA) is 52.5 Å². The van der Waals surface area contributed by atoms with Crippen molar-refractivity contribution in [1.29, 1.82) is 0 Å². The number of rotatable bonds is 2. The molecular weight excluding hydrogens is 142 g/mol. The third-order valence-electron chi connectivity index (χ3n) is 3.40. The molecule has 2 aliphatic rings. The van der Waals surface area contributed by atoms with Gasteiger partial charge in [-0.05, 0) is 19.3 Å². The molecule has 0 aromatic carbocycles. The summed E-state index contributed by atoms with van der Waals surface area (Å²) in [6.45, 7) is 1.68. The molecular formula is C8H15NO2. The van der Waals surface area contributed by atoms with Gasteiger partial charge in [0.1, 0.15) is 0 Å². The molecule has 0 aromatic heterocycles. The van der Waals surface area contributed by atoms with Gasteiger partial charge in [-0.1, -0.05) is 0 Å². The molecule has 1 aliphatic carbocycles. The van der Waals surface area contributed by atoms with Gasteiger partial charge in [-0.25, -0.2) is 0 Å². The fourth-order valence-electron chi connectivity index (χ4n) is 2.06. The van der Waals surface area contributed by atoms with Gasteiger partial charge in [0.05, 0.1) is 12.2 Å². The highest BCUT2D eigenvalue weighted by molar-refractivity contribution is 5.10. The minimum Gasteiger partial charge on any atom is -0.396 e. The van der Waals surface area contributed by atoms with Crippen LogP contribution in [0, 0.1) is 5.41 Å². The molecule has 0 aromatic rings. The summed E-state index contributed by atoms with van der Waals surface area (Å²) < 4.78 is 0. The Hall–Kier alpha value is -0.120. The molecule has 0 bridgehead atoms. The lowest BCUT2D eigenvalue weighted by Crippen LogP contribution is -2.70. The van der Waals surface area contributed by atoms with Crippen molar-refractivity contribution in [2.45, 2.75) is 24.9 Å². The highest BCUT2D eigenvalue weighted by Crippen LogP contribution is 2.47. The summed E-state index contributed by atoms with van der Waals surface area (Å²) in [5, 5.41) is 22.2. The Morgan fingerprint density at radius 3 is 2.00 bits per heavy atom. The molecule has 64 valence electrons. The second kappa shape index (κ2) is 2.19. The SMILES string of the molecule is OCC1(C2(O)CCC2)CNC1. The molecule has 3 N–H and O–H groups in total. The fourth-order valence-corrected chi connectivity index (χ4v) is 2.06. The average molecular weight is 157 g/mol. The van der Waals surface area contributed by atoms with Gasteiger partial charge in [0, 0.05) is 18.5 Å². The van der Waals surface area contributed by atoms with Crippen LogP contribution in [-0.4, -0.2) is 35.5 Å². The molecule has 1 saturated carbocycles. The second-order valence-electron chi connectivity index (χ2n) is 3.93. The first-order valence-corrected chi connectivity index (χ1v) is 4.26. The van der Waals surface area contributed by atoms with Crippen molar-refractivity contribution < 1.29 is 10.2 Å². The van der Waals surface area contributed by atoms with E-state index in [1.807, 2.05) is 0 Å². The van der Waals surface area contributed by atoms with Crippen LogP contribution in [0.3, 0.4) is 0 Å². The van der Waals surface area contributed by atoms with E-state index in [1.54, 1.807) is 0 Å². The quantitative estimate of drug-likeness (QED) is 0.505. The maximum atomic E-state index is 9.98. The van der Waals surface area contributed by atoms with Crippen LogP contribution in [0.1, 0.15) is 19.3 Å². The number of hydrogen-bond donors (Lipinski definition) is 3. The van der Waals surface area contributed by atoms with Crippen LogP contribution in [0.25, 0.3) is 0 Å². The first-order chi connectivity index (χ1) is 5.22. The zero-order valence-corrected chi connectivity index (χ0v) is 6.64. The minimum atomic E-state index is -0.549. The van der Waals surface area contributed by atoms with E-state index in [2.05, 4.69) is 5.32 Å². The maximum Gasteiger partial charge on any atom is 0.0750 e. The molecule has 3 heteroatoms. The van der Waals surface area contributed by atoms with Crippen molar-refractivity contribution in [2.24, 2.45) is 5.41 Å². The Balaban J connectivity index is 2.10. The molecule has 3 nitrogen and oxygen atoms in total. The highest BCUT2D eigenvalue weighted by Gasteiger charge is 2.56. The van der Waals surface area contributed by atoms with Gasteiger partial charge in [-0.15, -0.1) is 0 Å². The van der Waals surface area contributed by atoms with Crippen molar-refractivity contribution in [3.8, 4) is 0 Å². The Labute approximate surface area is 66.4 Å². The molecule has 0 amide bonds. The normalized spacial score (nSPS) is 32.2. The zero-order valence-electron chi connectivity index (χ0n) is 6.64. The largest absolute Gasteiger partial charge is 0.396 e. The number of nitrogens with one attached hydrogen (secondary N) is 1. The summed E-state index contributed by atoms with van der Waals surface area (Å²) in [5.74, 6) is 0. The first-order valence-electron chi connectivity index (χ1n) is 4.26. The lowest BCUT2D eigenvalue weighted by Gasteiger charge is -2.56. The third-order valence-corrected chi connectivity index (χ3v) is 3.40. The molecule has 2 fully saturated rings. The lowest BCUT2D eigenvalue weighted by atomic mass is 9.58. The molecule has 2 rings (SSSR count). The first kappa shape index (κ1) is 7.53. The van der Waals surface area contributed by atoms with Crippen molar-refractivity contribution in [2.75, 3.05) is 19.7 Å². The summed E-state index contributed by atoms with van der Waals surface area (Å²) in [6.07, 6.45) is 2.85. The Bertz CT molecular complexity index is 156. The highest BCUT2D eigenvalue weighted by atomic mass is 16.3. The Morgan fingerprint density at radius 2 is 1.91 bits per heavy atom. The minimum absolute atomic E-state index is 0.122. The van der Waals surface area contributed by atoms with Crippen LogP contribution >= 0.6 is 0 Å². The van der Waals surface area contributed by atoms with E-state index < -0.39 is 5.60 Å². The van der Waals surface area contributed by atoms with Crippen molar-refractivity contribution in [1.82, 2.24) is 5.32 Å². The van der Waals surface area contributed by atoms with E-state index in [0.717, 1.165) is 32.4 Å². The summed E-state index contributed by atoms with van der Waals surface area (Å²) >= 11 is 0. The molecule has 0 spiro atoms. The summed E-state index contributed by atoms with van der Waals surface area (Å²) in [6, 6.07) is 0. The van der Waals surface area contributed by atoms with Crippen LogP contribution in [0.4, 0.5) is 0 Å². The van der Waals surface area contributed by atoms with Gasteiger partial charge in [0.15, 0.2) is 0 Å². The van der Waals surface area contributed by atoms with Crippen LogP contribution in [0.5, 0.6) is 0 Å². The van der Waals surface area contributed by atoms with Gasteiger partial charge in [0.2, 0.25) is 0 Å². The van der Waals surface area contributed by atoms with Gasteiger partial charge < -0.3 is 15.5 Å². The van der Waals surface area contributed by atoms with Crippen LogP contribution in [0.2, 0.25) is 0 Å². The molecule has 1 aliphatic heterocycles. The summed E-state index contributed by atoms with van der Waals surface area (Å²) in [4.78, 5) is 0. The standard InChI is InChI=1S/C8H15NO2/c10-6-7(4-9-5-7)8(11)2-1-3-8/h9-11H,1-6H2. The number of hydrogen-bond acceptors (Lipinski definition) is 3. The lowest BCUT2D eigenvalue weighted by molar-refractivity contribution is -0.178. The van der Waals surface area contributed by atoms with E-state index >= 15 is 0 Å². The number of aliphatic hydroxyl groups excluding tert-OH is 1.